The highest BCUT2D eigenvalue weighted by Crippen LogP contribution is 2.26. The average Bonchev–Trinajstić information content (AvgIpc) is 2.60. The smallest absolute Gasteiger partial charge is 0.316 e. The predicted octanol–water partition coefficient (Wildman–Crippen LogP) is 1.47. The van der Waals surface area contributed by atoms with Crippen LogP contribution in [0.3, 0.4) is 0 Å². The van der Waals surface area contributed by atoms with Crippen LogP contribution in [0.15, 0.2) is 18.3 Å². The molecule has 1 aliphatic heterocycles. The molecule has 0 amide bonds. The van der Waals surface area contributed by atoms with Gasteiger partial charge >= 0.3 is 6.01 Å². The average molecular weight is 340 g/mol. The minimum Gasteiger partial charge on any atom is -0.467 e. The molecule has 0 aromatic carbocycles. The van der Waals surface area contributed by atoms with Crippen molar-refractivity contribution in [2.24, 2.45) is 0 Å². The highest BCUT2D eigenvalue weighted by atomic mass is 16.5. The van der Waals surface area contributed by atoms with Crippen LogP contribution in [0.2, 0.25) is 0 Å². The number of fused-ring (bicyclic) bond motifs is 1. The fraction of sp³-hybridized carbons (Fsp3) is 0.556. The fourth-order valence-electron chi connectivity index (χ4n) is 3.50. The quantitative estimate of drug-likeness (QED) is 0.816. The van der Waals surface area contributed by atoms with E-state index in [1.807, 2.05) is 6.07 Å². The fourth-order valence-corrected chi connectivity index (χ4v) is 3.50. The number of nitrogens with zero attached hydrogens (tertiary/aromatic N) is 6. The van der Waals surface area contributed by atoms with E-state index in [0.29, 0.717) is 12.1 Å². The first-order valence-corrected chi connectivity index (χ1v) is 8.89. The number of hydrogen-bond donors (Lipinski definition) is 0. The number of aromatic nitrogens is 4. The summed E-state index contributed by atoms with van der Waals surface area (Å²) in [5.41, 5.74) is 3.56. The minimum atomic E-state index is 0.422. The number of likely N-dealkylation sites (N-methyl/N-ethyl adjacent to an activating group) is 1. The van der Waals surface area contributed by atoms with Crippen LogP contribution < -0.4 is 9.64 Å². The normalized spacial score (nSPS) is 17.3. The molecule has 1 fully saturated rings. The summed E-state index contributed by atoms with van der Waals surface area (Å²) in [7, 11) is 3.72. The van der Waals surface area contributed by atoms with Crippen molar-refractivity contribution in [3.05, 3.63) is 35.3 Å². The van der Waals surface area contributed by atoms with Crippen molar-refractivity contribution >= 4 is 5.82 Å². The summed E-state index contributed by atoms with van der Waals surface area (Å²) >= 11 is 0. The predicted molar refractivity (Wildman–Crippen MR) is 94.7 cm³/mol. The molecule has 0 radical (unpaired) electrons. The third-order valence-electron chi connectivity index (χ3n) is 5.15. The van der Waals surface area contributed by atoms with E-state index >= 15 is 0 Å². The summed E-state index contributed by atoms with van der Waals surface area (Å²) in [5, 5.41) is 8.88. The van der Waals surface area contributed by atoms with Gasteiger partial charge in [-0.1, -0.05) is 0 Å². The summed E-state index contributed by atoms with van der Waals surface area (Å²) in [5.74, 6) is 1.02. The summed E-state index contributed by atoms with van der Waals surface area (Å²) in [4.78, 5) is 13.1. The maximum Gasteiger partial charge on any atom is 0.316 e. The van der Waals surface area contributed by atoms with Crippen molar-refractivity contribution < 1.29 is 4.74 Å². The van der Waals surface area contributed by atoms with Crippen molar-refractivity contribution in [2.45, 2.75) is 38.3 Å². The van der Waals surface area contributed by atoms with E-state index in [1.165, 1.54) is 24.1 Å². The number of hydrogen-bond acceptors (Lipinski definition) is 7. The van der Waals surface area contributed by atoms with Crippen LogP contribution in [-0.4, -0.2) is 58.4 Å². The monoisotopic (exact) mass is 340 g/mol. The minimum absolute atomic E-state index is 0.422. The zero-order chi connectivity index (χ0) is 17.2. The third kappa shape index (κ3) is 3.42. The van der Waals surface area contributed by atoms with E-state index < -0.39 is 0 Å². The van der Waals surface area contributed by atoms with Gasteiger partial charge in [-0.3, -0.25) is 4.90 Å². The molecule has 0 N–H and O–H groups in total. The van der Waals surface area contributed by atoms with Crippen molar-refractivity contribution in [3.63, 3.8) is 0 Å². The van der Waals surface area contributed by atoms with E-state index in [0.717, 1.165) is 44.0 Å². The Bertz CT molecular complexity index is 746. The molecular formula is C18H24N6O. The van der Waals surface area contributed by atoms with Crippen LogP contribution in [0.1, 0.15) is 29.8 Å². The molecule has 0 spiro atoms. The Morgan fingerprint density at radius 1 is 1.24 bits per heavy atom. The number of aryl methyl sites for hydroxylation is 2. The van der Waals surface area contributed by atoms with Gasteiger partial charge in [-0.15, -0.1) is 5.10 Å². The van der Waals surface area contributed by atoms with E-state index in [9.17, 15) is 0 Å². The largest absolute Gasteiger partial charge is 0.467 e. The van der Waals surface area contributed by atoms with Crippen molar-refractivity contribution in [3.8, 4) is 6.01 Å². The Labute approximate surface area is 148 Å². The molecule has 7 heteroatoms. The molecule has 2 aromatic heterocycles. The lowest BCUT2D eigenvalue weighted by Gasteiger charge is -2.44. The second-order valence-electron chi connectivity index (χ2n) is 6.89. The molecular weight excluding hydrogens is 316 g/mol. The van der Waals surface area contributed by atoms with Crippen LogP contribution in [0.5, 0.6) is 6.01 Å². The van der Waals surface area contributed by atoms with Crippen molar-refractivity contribution in [1.29, 1.82) is 0 Å². The molecule has 3 heterocycles. The van der Waals surface area contributed by atoms with Gasteiger partial charge in [0.15, 0.2) is 5.82 Å². The van der Waals surface area contributed by atoms with Gasteiger partial charge in [0, 0.05) is 31.9 Å². The molecule has 4 rings (SSSR count). The van der Waals surface area contributed by atoms with Gasteiger partial charge in [-0.2, -0.15) is 10.1 Å². The van der Waals surface area contributed by atoms with Crippen LogP contribution in [0, 0.1) is 0 Å². The molecule has 0 saturated carbocycles. The van der Waals surface area contributed by atoms with Crippen molar-refractivity contribution in [2.75, 3.05) is 32.1 Å². The lowest BCUT2D eigenvalue weighted by Crippen LogP contribution is -2.58. The lowest BCUT2D eigenvalue weighted by molar-refractivity contribution is 0.194. The standard InChI is InChI=1S/C18H24N6O/c1-23(10-14-7-8-19-18(20-14)25-2)15-11-24(12-15)17-9-13-5-3-4-6-16(13)21-22-17/h7-9,15H,3-6,10-12H2,1-2H3. The molecule has 1 saturated heterocycles. The first kappa shape index (κ1) is 16.2. The topological polar surface area (TPSA) is 67.3 Å². The molecule has 132 valence electrons. The summed E-state index contributed by atoms with van der Waals surface area (Å²) < 4.78 is 5.09. The number of anilines is 1. The highest BCUT2D eigenvalue weighted by Gasteiger charge is 2.31. The van der Waals surface area contributed by atoms with Gasteiger partial charge in [0.2, 0.25) is 0 Å². The van der Waals surface area contributed by atoms with E-state index in [1.54, 1.807) is 13.3 Å². The van der Waals surface area contributed by atoms with E-state index in [-0.39, 0.29) is 0 Å². The molecule has 2 aromatic rings. The second kappa shape index (κ2) is 6.92. The summed E-state index contributed by atoms with van der Waals surface area (Å²) in [6.45, 7) is 2.74. The number of rotatable bonds is 5. The highest BCUT2D eigenvalue weighted by molar-refractivity contribution is 5.45. The molecule has 1 aliphatic carbocycles. The Kier molecular flexibility index (Phi) is 4.48. The van der Waals surface area contributed by atoms with Crippen LogP contribution >= 0.6 is 0 Å². The summed E-state index contributed by atoms with van der Waals surface area (Å²) in [6, 6.07) is 5.10. The second-order valence-corrected chi connectivity index (χ2v) is 6.89. The van der Waals surface area contributed by atoms with Crippen LogP contribution in [-0.2, 0) is 19.4 Å². The Balaban J connectivity index is 1.35. The third-order valence-corrected chi connectivity index (χ3v) is 5.15. The molecule has 0 unspecified atom stereocenters. The Morgan fingerprint density at radius 2 is 2.08 bits per heavy atom. The van der Waals surface area contributed by atoms with E-state index in [2.05, 4.69) is 43.1 Å². The van der Waals surface area contributed by atoms with Gasteiger partial charge < -0.3 is 9.64 Å². The lowest BCUT2D eigenvalue weighted by atomic mass is 9.96. The SMILES string of the molecule is COc1nccc(CN(C)C2CN(c3cc4c(nn3)CCCC4)C2)n1. The number of ether oxygens (including phenoxy) is 1. The molecule has 0 atom stereocenters. The zero-order valence-corrected chi connectivity index (χ0v) is 14.9. The maximum absolute atomic E-state index is 5.09. The summed E-state index contributed by atoms with van der Waals surface area (Å²) in [6.07, 6.45) is 6.48. The first-order valence-electron chi connectivity index (χ1n) is 8.89. The maximum atomic E-state index is 5.09. The Hall–Kier alpha value is -2.28. The van der Waals surface area contributed by atoms with Gasteiger partial charge in [0.25, 0.3) is 0 Å². The van der Waals surface area contributed by atoms with Crippen molar-refractivity contribution in [1.82, 2.24) is 25.1 Å². The van der Waals surface area contributed by atoms with Gasteiger partial charge in [-0.25, -0.2) is 4.98 Å². The molecule has 25 heavy (non-hydrogen) atoms. The molecule has 2 aliphatic rings. The van der Waals surface area contributed by atoms with Crippen LogP contribution in [0.4, 0.5) is 5.82 Å². The zero-order valence-electron chi connectivity index (χ0n) is 14.9. The van der Waals surface area contributed by atoms with Crippen LogP contribution in [0.25, 0.3) is 0 Å². The van der Waals surface area contributed by atoms with Gasteiger partial charge in [0.1, 0.15) is 0 Å². The van der Waals surface area contributed by atoms with Gasteiger partial charge in [-0.05, 0) is 50.4 Å². The number of methoxy groups -OCH3 is 1. The first-order chi connectivity index (χ1) is 12.2. The van der Waals surface area contributed by atoms with E-state index in [4.69, 9.17) is 4.74 Å². The molecule has 7 nitrogen and oxygen atoms in total. The molecule has 0 bridgehead atoms. The van der Waals surface area contributed by atoms with Gasteiger partial charge in [0.05, 0.1) is 18.5 Å². The Morgan fingerprint density at radius 3 is 2.92 bits per heavy atom.